The van der Waals surface area contributed by atoms with Crippen molar-refractivity contribution in [3.63, 3.8) is 0 Å². The summed E-state index contributed by atoms with van der Waals surface area (Å²) in [5, 5.41) is 11.6. The van der Waals surface area contributed by atoms with Gasteiger partial charge in [-0.1, -0.05) is 0 Å². The van der Waals surface area contributed by atoms with E-state index in [4.69, 9.17) is 28.5 Å². The van der Waals surface area contributed by atoms with E-state index in [1.165, 1.54) is 26.4 Å². The third kappa shape index (κ3) is 3.68. The van der Waals surface area contributed by atoms with Crippen molar-refractivity contribution in [3.05, 3.63) is 21.3 Å². The average Bonchev–Trinajstić information content (AvgIpc) is 3.00. The number of aliphatic hydroxyl groups excluding tert-OH is 1. The summed E-state index contributed by atoms with van der Waals surface area (Å²) in [6.45, 7) is 3.42. The summed E-state index contributed by atoms with van der Waals surface area (Å²) in [5.41, 5.74) is 0.860. The second kappa shape index (κ2) is 7.92. The van der Waals surface area contributed by atoms with Crippen molar-refractivity contribution >= 4 is 34.2 Å². The molecule has 10 heteroatoms. The number of rotatable bonds is 5. The first-order valence-corrected chi connectivity index (χ1v) is 9.72. The van der Waals surface area contributed by atoms with Crippen molar-refractivity contribution in [1.82, 2.24) is 0 Å². The van der Waals surface area contributed by atoms with Crippen molar-refractivity contribution in [2.75, 3.05) is 39.5 Å². The first-order chi connectivity index (χ1) is 13.2. The number of benzene rings is 1. The number of aliphatic hydroxyl groups is 1. The smallest absolute Gasteiger partial charge is 0.338 e. The molecule has 9 nitrogen and oxygen atoms in total. The quantitative estimate of drug-likeness (QED) is 0.470. The van der Waals surface area contributed by atoms with Crippen LogP contribution in [0.25, 0.3) is 0 Å². The lowest BCUT2D eigenvalue weighted by Gasteiger charge is -2.45. The van der Waals surface area contributed by atoms with Crippen LogP contribution < -0.4 is 9.80 Å². The van der Waals surface area contributed by atoms with E-state index >= 15 is 0 Å². The number of hydrogen-bond acceptors (Lipinski definition) is 9. The van der Waals surface area contributed by atoms with Gasteiger partial charge >= 0.3 is 5.97 Å². The molecule has 0 bridgehead atoms. The van der Waals surface area contributed by atoms with Gasteiger partial charge in [-0.2, -0.15) is 0 Å². The fourth-order valence-electron chi connectivity index (χ4n) is 3.41. The van der Waals surface area contributed by atoms with Crippen LogP contribution in [0.1, 0.15) is 24.2 Å². The fraction of sp³-hybridized carbons (Fsp3) is 0.611. The molecule has 0 unspecified atom stereocenters. The van der Waals surface area contributed by atoms with Crippen LogP contribution in [0.3, 0.4) is 0 Å². The van der Waals surface area contributed by atoms with E-state index < -0.39 is 36.4 Å². The molecule has 0 spiro atoms. The molecule has 1 N–H and O–H groups in total. The van der Waals surface area contributed by atoms with Crippen molar-refractivity contribution < 1.29 is 38.4 Å². The minimum Gasteiger partial charge on any atom is -0.496 e. The van der Waals surface area contributed by atoms with Crippen molar-refractivity contribution in [2.24, 2.45) is 0 Å². The van der Waals surface area contributed by atoms with E-state index in [0.717, 1.165) is 0 Å². The van der Waals surface area contributed by atoms with Gasteiger partial charge in [0, 0.05) is 7.11 Å². The topological polar surface area (TPSA) is 95.9 Å². The van der Waals surface area contributed by atoms with Gasteiger partial charge in [-0.25, -0.2) is 14.7 Å². The summed E-state index contributed by atoms with van der Waals surface area (Å²) in [5.74, 6) is -2.34. The Bertz CT molecular complexity index is 751. The van der Waals surface area contributed by atoms with E-state index in [1.807, 2.05) is 0 Å². The normalized spacial score (nSPS) is 28.8. The molecule has 0 saturated carbocycles. The molecule has 0 aromatic heterocycles. The number of carbonyl (C=O) groups excluding carboxylic acids is 1. The van der Waals surface area contributed by atoms with Gasteiger partial charge < -0.3 is 28.8 Å². The Morgan fingerprint density at radius 1 is 1.32 bits per heavy atom. The lowest BCUT2D eigenvalue weighted by molar-refractivity contribution is -0.315. The van der Waals surface area contributed by atoms with Gasteiger partial charge in [0.05, 0.1) is 35.6 Å². The Hall–Kier alpha value is -1.18. The third-order valence-electron chi connectivity index (χ3n) is 4.72. The number of halogens is 1. The summed E-state index contributed by atoms with van der Waals surface area (Å²) in [6.07, 6.45) is -1.06. The third-order valence-corrected chi connectivity index (χ3v) is 5.81. The van der Waals surface area contributed by atoms with Crippen LogP contribution in [0.4, 0.5) is 5.69 Å². The highest BCUT2D eigenvalue weighted by Crippen LogP contribution is 2.43. The van der Waals surface area contributed by atoms with Gasteiger partial charge in [0.15, 0.2) is 5.79 Å². The predicted molar refractivity (Wildman–Crippen MR) is 106 cm³/mol. The van der Waals surface area contributed by atoms with Crippen molar-refractivity contribution in [1.29, 1.82) is 0 Å². The maximum Gasteiger partial charge on any atom is 0.338 e. The standard InChI is InChI=1S/C18H24INO8/c1-17(2)26-13-8-20(28-18(9-21,25-5)15(13)27-17)11-6-10(16(22)24-4)7-12(23-3)14(11)19/h6-7,13,15,21H,8-9H2,1-5H3/t13-,15-,18+/m0/s1. The van der Waals surface area contributed by atoms with Crippen LogP contribution in [0, 0.1) is 3.57 Å². The Morgan fingerprint density at radius 2 is 2.04 bits per heavy atom. The highest BCUT2D eigenvalue weighted by molar-refractivity contribution is 14.1. The van der Waals surface area contributed by atoms with Gasteiger partial charge in [-0.15, -0.1) is 0 Å². The number of carbonyl (C=O) groups is 1. The zero-order valence-corrected chi connectivity index (χ0v) is 18.5. The zero-order valence-electron chi connectivity index (χ0n) is 16.4. The van der Waals surface area contributed by atoms with Gasteiger partial charge in [-0.05, 0) is 48.6 Å². The molecule has 2 aliphatic heterocycles. The molecular weight excluding hydrogens is 485 g/mol. The average molecular weight is 509 g/mol. The number of fused-ring (bicyclic) bond motifs is 1. The molecular formula is C18H24INO8. The number of ether oxygens (including phenoxy) is 5. The van der Waals surface area contributed by atoms with E-state index in [-0.39, 0.29) is 0 Å². The molecule has 0 radical (unpaired) electrons. The van der Waals surface area contributed by atoms with Gasteiger partial charge in [0.25, 0.3) is 0 Å². The van der Waals surface area contributed by atoms with Crippen LogP contribution in [0.15, 0.2) is 12.1 Å². The molecule has 2 saturated heterocycles. The molecule has 1 aromatic rings. The maximum absolute atomic E-state index is 12.1. The maximum atomic E-state index is 12.1. The number of anilines is 1. The Kier molecular flexibility index (Phi) is 6.09. The zero-order chi connectivity index (χ0) is 20.7. The van der Waals surface area contributed by atoms with Crippen LogP contribution in [-0.4, -0.2) is 69.3 Å². The van der Waals surface area contributed by atoms with Crippen LogP contribution >= 0.6 is 22.6 Å². The van der Waals surface area contributed by atoms with Gasteiger partial charge in [-0.3, -0.25) is 0 Å². The highest BCUT2D eigenvalue weighted by Gasteiger charge is 2.59. The first kappa shape index (κ1) is 21.5. The molecule has 1 aromatic carbocycles. The minimum atomic E-state index is -1.46. The minimum absolute atomic E-state index is 0.295. The predicted octanol–water partition coefficient (Wildman–Crippen LogP) is 1.69. The van der Waals surface area contributed by atoms with E-state index in [0.29, 0.717) is 27.1 Å². The number of nitrogens with zero attached hydrogens (tertiary/aromatic N) is 1. The Labute approximate surface area is 176 Å². The molecule has 28 heavy (non-hydrogen) atoms. The Morgan fingerprint density at radius 3 is 2.61 bits per heavy atom. The molecule has 2 fully saturated rings. The molecule has 156 valence electrons. The molecule has 3 rings (SSSR count). The van der Waals surface area contributed by atoms with Gasteiger partial charge in [0.2, 0.25) is 5.79 Å². The first-order valence-electron chi connectivity index (χ1n) is 8.64. The second-order valence-corrected chi connectivity index (χ2v) is 8.00. The van der Waals surface area contributed by atoms with Crippen LogP contribution in [0.5, 0.6) is 5.75 Å². The lowest BCUT2D eigenvalue weighted by atomic mass is 10.0. The van der Waals surface area contributed by atoms with E-state index in [1.54, 1.807) is 26.0 Å². The molecule has 0 aliphatic carbocycles. The number of hydrogen-bond donors (Lipinski definition) is 1. The van der Waals surface area contributed by atoms with E-state index in [9.17, 15) is 9.90 Å². The van der Waals surface area contributed by atoms with E-state index in [2.05, 4.69) is 22.6 Å². The lowest BCUT2D eigenvalue weighted by Crippen LogP contribution is -2.64. The highest BCUT2D eigenvalue weighted by atomic mass is 127. The summed E-state index contributed by atoms with van der Waals surface area (Å²) in [6, 6.07) is 3.23. The molecule has 3 atom stereocenters. The molecule has 2 heterocycles. The summed E-state index contributed by atoms with van der Waals surface area (Å²) < 4.78 is 28.4. The van der Waals surface area contributed by atoms with Crippen molar-refractivity contribution in [2.45, 2.75) is 37.6 Å². The van der Waals surface area contributed by atoms with Crippen LogP contribution in [0.2, 0.25) is 0 Å². The largest absolute Gasteiger partial charge is 0.496 e. The summed E-state index contributed by atoms with van der Waals surface area (Å²) in [4.78, 5) is 18.1. The SMILES string of the molecule is COC(=O)c1cc(OC)c(I)c(N2C[C@@H]3OC(C)(C)O[C@@H]3[C@](CO)(OC)O2)c1. The number of esters is 1. The Balaban J connectivity index is 2.05. The van der Waals surface area contributed by atoms with Gasteiger partial charge in [0.1, 0.15) is 24.6 Å². The second-order valence-electron chi connectivity index (χ2n) is 6.92. The molecule has 0 amide bonds. The van der Waals surface area contributed by atoms with Crippen LogP contribution in [-0.2, 0) is 23.8 Å². The number of hydroxylamine groups is 1. The number of methoxy groups -OCH3 is 3. The summed E-state index contributed by atoms with van der Waals surface area (Å²) >= 11 is 2.10. The fourth-order valence-corrected chi connectivity index (χ4v) is 4.21. The molecule has 2 aliphatic rings. The summed E-state index contributed by atoms with van der Waals surface area (Å²) in [7, 11) is 4.25. The monoisotopic (exact) mass is 509 g/mol. The van der Waals surface area contributed by atoms with Crippen molar-refractivity contribution in [3.8, 4) is 5.75 Å².